The molecule has 5 aromatic rings. The van der Waals surface area contributed by atoms with Gasteiger partial charge < -0.3 is 31.3 Å². The van der Waals surface area contributed by atoms with Gasteiger partial charge in [-0.25, -0.2) is 4.98 Å². The fraction of sp³-hybridized carbons (Fsp3) is 0.406. The summed E-state index contributed by atoms with van der Waals surface area (Å²) < 4.78 is 7.84. The molecule has 2 fully saturated rings. The Labute approximate surface area is 260 Å². The predicted molar refractivity (Wildman–Crippen MR) is 168 cm³/mol. The van der Waals surface area contributed by atoms with Crippen molar-refractivity contribution in [1.29, 1.82) is 0 Å². The minimum atomic E-state index is -1.22. The van der Waals surface area contributed by atoms with Gasteiger partial charge in [0.1, 0.15) is 18.3 Å². The van der Waals surface area contributed by atoms with Gasteiger partial charge in [0, 0.05) is 24.5 Å². The molecule has 7 rings (SSSR count). The first kappa shape index (κ1) is 29.3. The van der Waals surface area contributed by atoms with Crippen LogP contribution in [0.2, 0.25) is 0 Å². The van der Waals surface area contributed by atoms with Crippen LogP contribution in [0.5, 0.6) is 0 Å². The van der Waals surface area contributed by atoms with E-state index in [1.54, 1.807) is 23.3 Å². The third-order valence-corrected chi connectivity index (χ3v) is 8.83. The highest BCUT2D eigenvalue weighted by molar-refractivity contribution is 5.84. The maximum absolute atomic E-state index is 11.1. The van der Waals surface area contributed by atoms with E-state index in [2.05, 4.69) is 50.1 Å². The molecule has 2 aliphatic rings. The summed E-state index contributed by atoms with van der Waals surface area (Å²) in [6.07, 6.45) is 4.39. The largest absolute Gasteiger partial charge is 0.387 e. The summed E-state index contributed by atoms with van der Waals surface area (Å²) in [5.74, 6) is 1.08. The average molecular weight is 611 g/mol. The number of nitrogens with one attached hydrogen (secondary N) is 2. The number of imidazole rings is 1. The molecule has 234 valence electrons. The van der Waals surface area contributed by atoms with Crippen LogP contribution in [-0.4, -0.2) is 81.7 Å². The average Bonchev–Trinajstić information content (AvgIpc) is 3.80. The van der Waals surface area contributed by atoms with E-state index >= 15 is 0 Å². The first-order valence-corrected chi connectivity index (χ1v) is 15.5. The number of rotatable bonds is 10. The first-order valence-electron chi connectivity index (χ1n) is 15.5. The van der Waals surface area contributed by atoms with Gasteiger partial charge in [0.05, 0.1) is 25.3 Å². The molecule has 6 N–H and O–H groups in total. The number of fused-ring (bicyclic) bond motifs is 1. The third kappa shape index (κ3) is 6.25. The number of nitrogens with two attached hydrogens (primary N) is 1. The minimum Gasteiger partial charge on any atom is -0.387 e. The normalized spacial score (nSPS) is 25.2. The molecule has 1 aliphatic carbocycles. The van der Waals surface area contributed by atoms with Gasteiger partial charge in [-0.1, -0.05) is 60.7 Å². The lowest BCUT2D eigenvalue weighted by Crippen LogP contribution is -2.34. The SMILES string of the molecule is N[C@H]1CC[C@H](Nc2nc(NCC(c3ccccc3)c3ccccc3)c3ncn([C@@H]4O[C@H](Cn5nccn5)[C@@H](O)[C@H]4O)c3n2)CC1. The number of aromatic nitrogens is 7. The summed E-state index contributed by atoms with van der Waals surface area (Å²) in [6.45, 7) is 0.748. The molecule has 4 atom stereocenters. The zero-order valence-corrected chi connectivity index (χ0v) is 24.8. The van der Waals surface area contributed by atoms with Crippen molar-refractivity contribution in [1.82, 2.24) is 34.5 Å². The van der Waals surface area contributed by atoms with Crippen LogP contribution < -0.4 is 16.4 Å². The van der Waals surface area contributed by atoms with Gasteiger partial charge in [-0.05, 0) is 36.8 Å². The molecule has 3 aromatic heterocycles. The van der Waals surface area contributed by atoms with Crippen LogP contribution in [-0.2, 0) is 11.3 Å². The second-order valence-corrected chi connectivity index (χ2v) is 11.9. The summed E-state index contributed by atoms with van der Waals surface area (Å²) in [5.41, 5.74) is 9.53. The van der Waals surface area contributed by atoms with Crippen molar-refractivity contribution in [2.75, 3.05) is 17.2 Å². The third-order valence-electron chi connectivity index (χ3n) is 8.83. The van der Waals surface area contributed by atoms with Gasteiger partial charge in [-0.2, -0.15) is 25.0 Å². The molecule has 2 aromatic carbocycles. The van der Waals surface area contributed by atoms with Crippen molar-refractivity contribution in [3.05, 3.63) is 90.5 Å². The van der Waals surface area contributed by atoms with Crippen LogP contribution in [0.1, 0.15) is 49.0 Å². The maximum Gasteiger partial charge on any atom is 0.227 e. The molecule has 4 heterocycles. The number of hydrogen-bond acceptors (Lipinski definition) is 11. The highest BCUT2D eigenvalue weighted by Gasteiger charge is 2.45. The quantitative estimate of drug-likeness (QED) is 0.157. The van der Waals surface area contributed by atoms with E-state index in [-0.39, 0.29) is 24.5 Å². The molecular weight excluding hydrogens is 572 g/mol. The number of aliphatic hydroxyl groups excluding tert-OH is 2. The number of anilines is 2. The summed E-state index contributed by atoms with van der Waals surface area (Å²) >= 11 is 0. The zero-order chi connectivity index (χ0) is 30.8. The first-order chi connectivity index (χ1) is 22.0. The van der Waals surface area contributed by atoms with E-state index in [4.69, 9.17) is 20.4 Å². The van der Waals surface area contributed by atoms with Gasteiger partial charge in [-0.3, -0.25) is 4.57 Å². The fourth-order valence-electron chi connectivity index (χ4n) is 6.34. The van der Waals surface area contributed by atoms with E-state index in [1.807, 2.05) is 36.4 Å². The van der Waals surface area contributed by atoms with E-state index in [0.717, 1.165) is 25.7 Å². The number of nitrogens with zero attached hydrogens (tertiary/aromatic N) is 7. The molecule has 0 bridgehead atoms. The second-order valence-electron chi connectivity index (χ2n) is 11.9. The standard InChI is InChI=1S/C32H38N10O3/c33-22-11-13-23(14-12-22)38-32-39-29(34-17-24(20-7-3-1-4-8-20)21-9-5-2-6-10-21)26-30(40-32)41(19-35-26)31-28(44)27(43)25(45-31)18-42-36-15-16-37-42/h1-10,15-16,19,22-25,27-28,31,43-44H,11-14,17-18,33H2,(H2,34,38,39,40)/t22-,23-,25-,27-,28-,31-/m1/s1. The molecule has 13 nitrogen and oxygen atoms in total. The Morgan fingerprint density at radius 2 is 1.56 bits per heavy atom. The van der Waals surface area contributed by atoms with Gasteiger partial charge in [0.15, 0.2) is 23.2 Å². The van der Waals surface area contributed by atoms with Gasteiger partial charge >= 0.3 is 0 Å². The molecule has 1 aliphatic heterocycles. The number of benzene rings is 2. The predicted octanol–water partition coefficient (Wildman–Crippen LogP) is 2.66. The van der Waals surface area contributed by atoms with Gasteiger partial charge in [0.2, 0.25) is 5.95 Å². The monoisotopic (exact) mass is 610 g/mol. The van der Waals surface area contributed by atoms with Crippen molar-refractivity contribution >= 4 is 22.9 Å². The van der Waals surface area contributed by atoms with Crippen LogP contribution in [0.4, 0.5) is 11.8 Å². The number of ether oxygens (including phenoxy) is 1. The fourth-order valence-corrected chi connectivity index (χ4v) is 6.34. The highest BCUT2D eigenvalue weighted by Crippen LogP contribution is 2.34. The lowest BCUT2D eigenvalue weighted by Gasteiger charge is -2.27. The van der Waals surface area contributed by atoms with Crippen LogP contribution in [0.15, 0.2) is 79.4 Å². The van der Waals surface area contributed by atoms with Crippen molar-refractivity contribution in [2.24, 2.45) is 5.73 Å². The number of aliphatic hydroxyl groups is 2. The Bertz CT molecular complexity index is 1640. The number of hydrogen-bond donors (Lipinski definition) is 5. The van der Waals surface area contributed by atoms with Gasteiger partial charge in [-0.15, -0.1) is 0 Å². The minimum absolute atomic E-state index is 0.0579. The highest BCUT2D eigenvalue weighted by atomic mass is 16.6. The Balaban J connectivity index is 1.21. The van der Waals surface area contributed by atoms with E-state index < -0.39 is 24.5 Å². The van der Waals surface area contributed by atoms with E-state index in [0.29, 0.717) is 29.5 Å². The molecule has 1 saturated carbocycles. The Kier molecular flexibility index (Phi) is 8.39. The zero-order valence-electron chi connectivity index (χ0n) is 24.8. The van der Waals surface area contributed by atoms with Crippen molar-refractivity contribution in [3.63, 3.8) is 0 Å². The molecule has 0 unspecified atom stereocenters. The molecule has 0 spiro atoms. The van der Waals surface area contributed by atoms with Crippen LogP contribution in [0, 0.1) is 0 Å². The van der Waals surface area contributed by atoms with Crippen molar-refractivity contribution < 1.29 is 14.9 Å². The van der Waals surface area contributed by atoms with Crippen LogP contribution in [0.25, 0.3) is 11.2 Å². The van der Waals surface area contributed by atoms with Gasteiger partial charge in [0.25, 0.3) is 0 Å². The van der Waals surface area contributed by atoms with Crippen molar-refractivity contribution in [2.45, 2.75) is 74.8 Å². The molecular formula is C32H38N10O3. The summed E-state index contributed by atoms with van der Waals surface area (Å²) in [4.78, 5) is 15.9. The Hall–Kier alpha value is -4.43. The topological polar surface area (TPSA) is 174 Å². The summed E-state index contributed by atoms with van der Waals surface area (Å²) in [6, 6.07) is 21.1. The molecule has 0 amide bonds. The van der Waals surface area contributed by atoms with E-state index in [1.165, 1.54) is 15.9 Å². The van der Waals surface area contributed by atoms with Crippen molar-refractivity contribution in [3.8, 4) is 0 Å². The lowest BCUT2D eigenvalue weighted by molar-refractivity contribution is -0.0413. The second kappa shape index (κ2) is 12.9. The molecule has 1 saturated heterocycles. The summed E-state index contributed by atoms with van der Waals surface area (Å²) in [5, 5.41) is 37.2. The van der Waals surface area contributed by atoms with Crippen LogP contribution in [0.3, 0.4) is 0 Å². The molecule has 13 heteroatoms. The molecule has 0 radical (unpaired) electrons. The smallest absolute Gasteiger partial charge is 0.227 e. The Morgan fingerprint density at radius 3 is 2.22 bits per heavy atom. The Morgan fingerprint density at radius 1 is 0.889 bits per heavy atom. The maximum atomic E-state index is 11.1. The molecule has 45 heavy (non-hydrogen) atoms. The lowest BCUT2D eigenvalue weighted by atomic mass is 9.91. The van der Waals surface area contributed by atoms with E-state index in [9.17, 15) is 10.2 Å². The van der Waals surface area contributed by atoms with Crippen LogP contribution >= 0.6 is 0 Å². The summed E-state index contributed by atoms with van der Waals surface area (Å²) in [7, 11) is 0.